The first-order valence-electron chi connectivity index (χ1n) is 27.0. The summed E-state index contributed by atoms with van der Waals surface area (Å²) < 4.78 is 4.82. The Hall–Kier alpha value is -10.8. The predicted octanol–water partition coefficient (Wildman–Crippen LogP) is 16.9. The van der Waals surface area contributed by atoms with Gasteiger partial charge in [-0.15, -0.1) is 0 Å². The van der Waals surface area contributed by atoms with E-state index in [1.54, 1.807) is 0 Å². The lowest BCUT2D eigenvalue weighted by atomic mass is 9.98. The standard InChI is InChI=1S/C72H48N8/c1-6-24-47(25-7-1)53-34-16-18-37-57(53)70-74-67(49-28-10-3-11-29-49)73-69(77-70)51-42-44-63(60(46-51)72-76-68(50-30-12-4-13-31-50)75-71(78-72)58-38-19-17-35-54(58)48-26-8-2-9-27-48)80-61-40-22-20-36-55(61)56-43-45-64-65(66(56)80)59-39-21-23-41-62(59)79(64)52-32-14-5-15-33-52/h1-46,69H,(H,73,74,77). The van der Waals surface area contributed by atoms with Crippen molar-refractivity contribution in [2.45, 2.75) is 6.17 Å². The average Bonchev–Trinajstić information content (AvgIpc) is 4.28. The molecule has 80 heavy (non-hydrogen) atoms. The van der Waals surface area contributed by atoms with E-state index in [4.69, 9.17) is 24.9 Å². The molecule has 3 aromatic heterocycles. The van der Waals surface area contributed by atoms with Crippen LogP contribution in [0, 0.1) is 0 Å². The summed E-state index contributed by atoms with van der Waals surface area (Å²) in [5.74, 6) is 2.99. The van der Waals surface area contributed by atoms with Crippen molar-refractivity contribution in [3.05, 3.63) is 296 Å². The van der Waals surface area contributed by atoms with Crippen molar-refractivity contribution in [3.63, 3.8) is 0 Å². The van der Waals surface area contributed by atoms with E-state index in [2.05, 4.69) is 245 Å². The summed E-state index contributed by atoms with van der Waals surface area (Å²) >= 11 is 0. The van der Waals surface area contributed by atoms with Crippen LogP contribution in [-0.2, 0) is 0 Å². The largest absolute Gasteiger partial charge is 0.344 e. The van der Waals surface area contributed by atoms with Crippen LogP contribution in [0.15, 0.2) is 289 Å². The van der Waals surface area contributed by atoms with Crippen molar-refractivity contribution in [2.75, 3.05) is 0 Å². The molecule has 8 heteroatoms. The van der Waals surface area contributed by atoms with Crippen molar-refractivity contribution < 1.29 is 0 Å². The second kappa shape index (κ2) is 19.6. The normalized spacial score (nSPS) is 13.4. The molecule has 0 saturated carbocycles. The molecule has 0 spiro atoms. The van der Waals surface area contributed by atoms with E-state index < -0.39 is 6.17 Å². The molecule has 376 valence electrons. The van der Waals surface area contributed by atoms with Crippen molar-refractivity contribution in [1.29, 1.82) is 0 Å². The highest BCUT2D eigenvalue weighted by atomic mass is 15.2. The Labute approximate surface area is 462 Å². The first kappa shape index (κ1) is 46.5. The molecule has 4 heterocycles. The van der Waals surface area contributed by atoms with Crippen LogP contribution in [0.4, 0.5) is 0 Å². The van der Waals surface area contributed by atoms with Gasteiger partial charge in [-0.2, -0.15) is 0 Å². The van der Waals surface area contributed by atoms with Crippen molar-refractivity contribution in [2.24, 2.45) is 9.98 Å². The summed E-state index contributed by atoms with van der Waals surface area (Å²) in [4.78, 5) is 27.2. The van der Waals surface area contributed by atoms with Crippen LogP contribution in [-0.4, -0.2) is 35.8 Å². The van der Waals surface area contributed by atoms with E-state index >= 15 is 0 Å². The monoisotopic (exact) mass is 1020 g/mol. The molecule has 14 aromatic rings. The molecule has 1 unspecified atom stereocenters. The van der Waals surface area contributed by atoms with Gasteiger partial charge in [0.15, 0.2) is 23.3 Å². The van der Waals surface area contributed by atoms with E-state index in [9.17, 15) is 0 Å². The van der Waals surface area contributed by atoms with Crippen LogP contribution >= 0.6 is 0 Å². The zero-order valence-electron chi connectivity index (χ0n) is 43.3. The fourth-order valence-corrected chi connectivity index (χ4v) is 11.6. The lowest BCUT2D eigenvalue weighted by molar-refractivity contribution is 0.674. The molecule has 1 atom stereocenters. The summed E-state index contributed by atoms with van der Waals surface area (Å²) in [6, 6.07) is 97.6. The number of hydrogen-bond donors (Lipinski definition) is 1. The van der Waals surface area contributed by atoms with Crippen molar-refractivity contribution >= 4 is 55.3 Å². The van der Waals surface area contributed by atoms with Crippen molar-refractivity contribution in [3.8, 4) is 67.8 Å². The molecule has 0 bridgehead atoms. The molecule has 11 aromatic carbocycles. The van der Waals surface area contributed by atoms with Gasteiger partial charge in [0.25, 0.3) is 0 Å². The Morgan fingerprint density at radius 2 is 0.838 bits per heavy atom. The summed E-state index contributed by atoms with van der Waals surface area (Å²) in [6.45, 7) is 0. The van der Waals surface area contributed by atoms with Crippen LogP contribution in [0.2, 0.25) is 0 Å². The first-order valence-corrected chi connectivity index (χ1v) is 27.0. The maximum atomic E-state index is 5.61. The quantitative estimate of drug-likeness (QED) is 0.148. The van der Waals surface area contributed by atoms with Gasteiger partial charge in [-0.05, 0) is 70.3 Å². The zero-order chi connectivity index (χ0) is 52.9. The van der Waals surface area contributed by atoms with Crippen LogP contribution in [0.25, 0.3) is 111 Å². The molecular weight excluding hydrogens is 977 g/mol. The number of nitrogens with one attached hydrogen (secondary N) is 1. The molecule has 15 rings (SSSR count). The molecule has 1 aliphatic rings. The summed E-state index contributed by atoms with van der Waals surface area (Å²) in [7, 11) is 0. The van der Waals surface area contributed by atoms with E-state index in [1.807, 2.05) is 48.5 Å². The number of aliphatic imine (C=N–C) groups is 2. The van der Waals surface area contributed by atoms with Crippen LogP contribution in [0.3, 0.4) is 0 Å². The molecule has 0 radical (unpaired) electrons. The summed E-state index contributed by atoms with van der Waals surface area (Å²) in [5, 5.41) is 8.43. The highest BCUT2D eigenvalue weighted by Gasteiger charge is 2.28. The third-order valence-corrected chi connectivity index (χ3v) is 15.3. The second-order valence-corrected chi connectivity index (χ2v) is 20.0. The van der Waals surface area contributed by atoms with Gasteiger partial charge in [0, 0.05) is 55.0 Å². The molecule has 0 aliphatic carbocycles. The molecule has 0 fully saturated rings. The van der Waals surface area contributed by atoms with Gasteiger partial charge in [0.2, 0.25) is 0 Å². The highest BCUT2D eigenvalue weighted by Crippen LogP contribution is 2.44. The summed E-state index contributed by atoms with van der Waals surface area (Å²) in [6.07, 6.45) is -0.572. The first-order chi connectivity index (χ1) is 39.7. The number of aromatic nitrogens is 5. The van der Waals surface area contributed by atoms with E-state index in [0.29, 0.717) is 23.3 Å². The Morgan fingerprint density at radius 3 is 1.50 bits per heavy atom. The Morgan fingerprint density at radius 1 is 0.338 bits per heavy atom. The second-order valence-electron chi connectivity index (χ2n) is 20.0. The molecule has 0 amide bonds. The molecular formula is C72H48N8. The fourth-order valence-electron chi connectivity index (χ4n) is 11.6. The van der Waals surface area contributed by atoms with Gasteiger partial charge in [-0.1, -0.05) is 237 Å². The Bertz CT molecular complexity index is 4720. The topological polar surface area (TPSA) is 85.3 Å². The summed E-state index contributed by atoms with van der Waals surface area (Å²) in [5.41, 5.74) is 16.0. The predicted molar refractivity (Wildman–Crippen MR) is 328 cm³/mol. The highest BCUT2D eigenvalue weighted by molar-refractivity contribution is 6.26. The smallest absolute Gasteiger partial charge is 0.166 e. The van der Waals surface area contributed by atoms with E-state index in [0.717, 1.165) is 116 Å². The van der Waals surface area contributed by atoms with Gasteiger partial charge in [-0.25, -0.2) is 24.9 Å². The molecule has 8 nitrogen and oxygen atoms in total. The van der Waals surface area contributed by atoms with E-state index in [-0.39, 0.29) is 0 Å². The van der Waals surface area contributed by atoms with Gasteiger partial charge in [-0.3, -0.25) is 0 Å². The third-order valence-electron chi connectivity index (χ3n) is 15.3. The van der Waals surface area contributed by atoms with Crippen LogP contribution in [0.5, 0.6) is 0 Å². The number of benzene rings is 11. The fraction of sp³-hybridized carbons (Fsp3) is 0.0139. The minimum atomic E-state index is -0.572. The number of hydrogen-bond acceptors (Lipinski definition) is 6. The van der Waals surface area contributed by atoms with Gasteiger partial charge < -0.3 is 14.5 Å². The number of fused-ring (bicyclic) bond motifs is 7. The zero-order valence-corrected chi connectivity index (χ0v) is 43.3. The van der Waals surface area contributed by atoms with E-state index in [1.165, 1.54) is 0 Å². The number of para-hydroxylation sites is 3. The van der Waals surface area contributed by atoms with Gasteiger partial charge >= 0.3 is 0 Å². The maximum absolute atomic E-state index is 5.61. The molecule has 0 saturated heterocycles. The average molecular weight is 1030 g/mol. The molecule has 1 aliphatic heterocycles. The van der Waals surface area contributed by atoms with Crippen LogP contribution in [0.1, 0.15) is 22.9 Å². The lowest BCUT2D eigenvalue weighted by Crippen LogP contribution is -2.34. The number of nitrogens with zero attached hydrogens (tertiary/aromatic N) is 7. The SMILES string of the molecule is c1ccc(C2=NC(c3ccc(-n4c5ccccc5c5ccc6c(c7ccccc7n6-c6ccccc6)c54)c(-c4nc(-c5ccccc5)nc(-c5ccccc5-c5ccccc5)n4)c3)NC(c3ccccc3-c3ccccc3)=N2)cc1. The molecule has 1 N–H and O–H groups in total. The van der Waals surface area contributed by atoms with Crippen LogP contribution < -0.4 is 5.32 Å². The van der Waals surface area contributed by atoms with Gasteiger partial charge in [0.1, 0.15) is 12.0 Å². The lowest BCUT2D eigenvalue weighted by Gasteiger charge is -2.26. The van der Waals surface area contributed by atoms with Crippen molar-refractivity contribution in [1.82, 2.24) is 29.4 Å². The Balaban J connectivity index is 1.02. The van der Waals surface area contributed by atoms with Gasteiger partial charge in [0.05, 0.1) is 27.8 Å². The number of rotatable bonds is 10. The number of amidine groups is 2. The minimum Gasteiger partial charge on any atom is -0.344 e. The Kier molecular flexibility index (Phi) is 11.4. The maximum Gasteiger partial charge on any atom is 0.166 e. The minimum absolute atomic E-state index is 0.518. The third kappa shape index (κ3) is 8.05.